The van der Waals surface area contributed by atoms with Gasteiger partial charge >= 0.3 is 0 Å². The second-order valence-corrected chi connectivity index (χ2v) is 6.36. The van der Waals surface area contributed by atoms with E-state index in [0.29, 0.717) is 6.42 Å². The number of hydrogen-bond donors (Lipinski definition) is 2. The van der Waals surface area contributed by atoms with Crippen LogP contribution in [0.3, 0.4) is 0 Å². The van der Waals surface area contributed by atoms with Gasteiger partial charge in [0.2, 0.25) is 5.91 Å². The number of para-hydroxylation sites is 2. The topological polar surface area (TPSA) is 67.2 Å². The Morgan fingerprint density at radius 1 is 1.38 bits per heavy atom. The lowest BCUT2D eigenvalue weighted by atomic mass is 9.85. The number of nitrogens with zero attached hydrogens (tertiary/aromatic N) is 2. The molecule has 5 nitrogen and oxygen atoms in total. The first kappa shape index (κ1) is 15.5. The Bertz CT molecular complexity index is 613. The summed E-state index contributed by atoms with van der Waals surface area (Å²) in [4.78, 5) is 16.5. The third-order valence-electron chi connectivity index (χ3n) is 3.64. The number of aliphatic hydroxyl groups is 1. The molecule has 0 bridgehead atoms. The van der Waals surface area contributed by atoms with Crippen molar-refractivity contribution in [3.05, 3.63) is 30.6 Å². The van der Waals surface area contributed by atoms with Crippen LogP contribution in [-0.2, 0) is 11.3 Å². The van der Waals surface area contributed by atoms with E-state index in [1.165, 1.54) is 0 Å². The Hall–Kier alpha value is -1.88. The molecule has 1 amide bonds. The molecule has 0 aliphatic carbocycles. The van der Waals surface area contributed by atoms with Gasteiger partial charge in [0.05, 0.1) is 17.4 Å². The zero-order chi connectivity index (χ0) is 15.5. The van der Waals surface area contributed by atoms with Crippen molar-refractivity contribution < 1.29 is 9.90 Å². The average molecular weight is 289 g/mol. The number of fused-ring (bicyclic) bond motifs is 1. The number of nitrogens with one attached hydrogen (secondary N) is 1. The molecular weight excluding hydrogens is 266 g/mol. The molecule has 1 aromatic carbocycles. The van der Waals surface area contributed by atoms with Crippen LogP contribution in [0.1, 0.15) is 27.2 Å². The van der Waals surface area contributed by atoms with E-state index < -0.39 is 0 Å². The minimum Gasteiger partial charge on any atom is -0.396 e. The molecule has 2 aromatic rings. The number of aliphatic hydroxyl groups excluding tert-OH is 1. The average Bonchev–Trinajstić information content (AvgIpc) is 2.81. The fraction of sp³-hybridized carbons (Fsp3) is 0.500. The highest BCUT2D eigenvalue weighted by Crippen LogP contribution is 2.21. The van der Waals surface area contributed by atoms with Gasteiger partial charge in [0, 0.05) is 12.6 Å². The summed E-state index contributed by atoms with van der Waals surface area (Å²) in [6, 6.07) is 7.68. The molecule has 1 aromatic heterocycles. The molecule has 0 aliphatic heterocycles. The number of benzene rings is 1. The predicted octanol–water partition coefficient (Wildman–Crippen LogP) is 1.95. The quantitative estimate of drug-likeness (QED) is 0.884. The fourth-order valence-electron chi connectivity index (χ4n) is 2.38. The summed E-state index contributed by atoms with van der Waals surface area (Å²) in [6.07, 6.45) is 2.24. The first-order chi connectivity index (χ1) is 9.91. The molecule has 1 atom stereocenters. The predicted molar refractivity (Wildman–Crippen MR) is 82.8 cm³/mol. The largest absolute Gasteiger partial charge is 0.396 e. The molecule has 2 N–H and O–H groups in total. The van der Waals surface area contributed by atoms with Gasteiger partial charge in [-0.2, -0.15) is 0 Å². The van der Waals surface area contributed by atoms with Gasteiger partial charge < -0.3 is 15.0 Å². The van der Waals surface area contributed by atoms with Crippen molar-refractivity contribution in [2.24, 2.45) is 5.41 Å². The molecule has 0 saturated carbocycles. The highest BCUT2D eigenvalue weighted by molar-refractivity contribution is 5.80. The van der Waals surface area contributed by atoms with Crippen molar-refractivity contribution in [1.29, 1.82) is 0 Å². The van der Waals surface area contributed by atoms with E-state index in [9.17, 15) is 4.79 Å². The van der Waals surface area contributed by atoms with E-state index in [1.807, 2.05) is 28.8 Å². The van der Waals surface area contributed by atoms with Gasteiger partial charge in [-0.1, -0.05) is 32.9 Å². The smallest absolute Gasteiger partial charge is 0.240 e. The van der Waals surface area contributed by atoms with E-state index in [2.05, 4.69) is 31.1 Å². The third-order valence-corrected chi connectivity index (χ3v) is 3.64. The van der Waals surface area contributed by atoms with Gasteiger partial charge in [-0.25, -0.2) is 4.98 Å². The van der Waals surface area contributed by atoms with Crippen molar-refractivity contribution >= 4 is 16.9 Å². The van der Waals surface area contributed by atoms with Crippen molar-refractivity contribution in [1.82, 2.24) is 14.9 Å². The highest BCUT2D eigenvalue weighted by Gasteiger charge is 2.25. The molecule has 1 heterocycles. The van der Waals surface area contributed by atoms with Gasteiger partial charge in [0.25, 0.3) is 0 Å². The molecule has 5 heteroatoms. The molecule has 0 radical (unpaired) electrons. The van der Waals surface area contributed by atoms with Crippen LogP contribution in [0, 0.1) is 5.41 Å². The number of imidazole rings is 1. The number of carbonyl (C=O) groups excluding carboxylic acids is 1. The zero-order valence-corrected chi connectivity index (χ0v) is 12.8. The van der Waals surface area contributed by atoms with E-state index in [4.69, 9.17) is 5.11 Å². The second kappa shape index (κ2) is 6.26. The summed E-state index contributed by atoms with van der Waals surface area (Å²) >= 11 is 0. The first-order valence-corrected chi connectivity index (χ1v) is 7.22. The molecule has 1 unspecified atom stereocenters. The van der Waals surface area contributed by atoms with Gasteiger partial charge in [-0.3, -0.25) is 4.79 Å². The van der Waals surface area contributed by atoms with Crippen LogP contribution in [0.5, 0.6) is 0 Å². The molecule has 0 saturated heterocycles. The summed E-state index contributed by atoms with van der Waals surface area (Å²) in [5.41, 5.74) is 1.74. The molecule has 0 spiro atoms. The van der Waals surface area contributed by atoms with E-state index in [-0.39, 0.29) is 30.5 Å². The number of amides is 1. The molecule has 0 aliphatic rings. The number of carbonyl (C=O) groups is 1. The Morgan fingerprint density at radius 3 is 2.76 bits per heavy atom. The third kappa shape index (κ3) is 3.82. The molecule has 21 heavy (non-hydrogen) atoms. The van der Waals surface area contributed by atoms with Crippen LogP contribution in [0.15, 0.2) is 30.6 Å². The lowest BCUT2D eigenvalue weighted by Gasteiger charge is -2.31. The highest BCUT2D eigenvalue weighted by atomic mass is 16.3. The number of aromatic nitrogens is 2. The zero-order valence-electron chi connectivity index (χ0n) is 12.8. The van der Waals surface area contributed by atoms with Gasteiger partial charge in [0.15, 0.2) is 0 Å². The van der Waals surface area contributed by atoms with Crippen LogP contribution in [0.2, 0.25) is 0 Å². The van der Waals surface area contributed by atoms with Crippen LogP contribution < -0.4 is 5.32 Å². The molecule has 114 valence electrons. The number of rotatable bonds is 5. The summed E-state index contributed by atoms with van der Waals surface area (Å²) in [7, 11) is 0. The van der Waals surface area contributed by atoms with Crippen molar-refractivity contribution in [2.75, 3.05) is 6.61 Å². The Morgan fingerprint density at radius 2 is 2.10 bits per heavy atom. The Balaban J connectivity index is 2.07. The van der Waals surface area contributed by atoms with Crippen molar-refractivity contribution in [3.8, 4) is 0 Å². The summed E-state index contributed by atoms with van der Waals surface area (Å²) in [6.45, 7) is 6.47. The monoisotopic (exact) mass is 289 g/mol. The molecular formula is C16H23N3O2. The maximum atomic E-state index is 12.2. The SMILES string of the molecule is CC(C)(C)C(CCO)NC(=O)Cn1cnc2ccccc21. The summed E-state index contributed by atoms with van der Waals surface area (Å²) in [5, 5.41) is 12.2. The van der Waals surface area contributed by atoms with Crippen molar-refractivity contribution in [2.45, 2.75) is 39.8 Å². The van der Waals surface area contributed by atoms with Gasteiger partial charge in [0.1, 0.15) is 6.54 Å². The van der Waals surface area contributed by atoms with Crippen LogP contribution in [0.25, 0.3) is 11.0 Å². The molecule has 2 rings (SSSR count). The van der Waals surface area contributed by atoms with E-state index >= 15 is 0 Å². The fourth-order valence-corrected chi connectivity index (χ4v) is 2.38. The standard InChI is InChI=1S/C16H23N3O2/c1-16(2,3)14(8-9-20)18-15(21)10-19-11-17-12-6-4-5-7-13(12)19/h4-7,11,14,20H,8-10H2,1-3H3,(H,18,21). The van der Waals surface area contributed by atoms with Crippen molar-refractivity contribution in [3.63, 3.8) is 0 Å². The lowest BCUT2D eigenvalue weighted by molar-refractivity contribution is -0.123. The lowest BCUT2D eigenvalue weighted by Crippen LogP contribution is -2.45. The number of hydrogen-bond acceptors (Lipinski definition) is 3. The summed E-state index contributed by atoms with van der Waals surface area (Å²) in [5.74, 6) is -0.0634. The maximum Gasteiger partial charge on any atom is 0.240 e. The molecule has 0 fully saturated rings. The van der Waals surface area contributed by atoms with E-state index in [0.717, 1.165) is 11.0 Å². The van der Waals surface area contributed by atoms with Crippen LogP contribution in [0.4, 0.5) is 0 Å². The Labute approximate surface area is 125 Å². The van der Waals surface area contributed by atoms with Crippen LogP contribution in [-0.4, -0.2) is 33.2 Å². The Kier molecular flexibility index (Phi) is 4.63. The normalized spacial score (nSPS) is 13.3. The van der Waals surface area contributed by atoms with Gasteiger partial charge in [-0.15, -0.1) is 0 Å². The first-order valence-electron chi connectivity index (χ1n) is 7.22. The van der Waals surface area contributed by atoms with Gasteiger partial charge in [-0.05, 0) is 24.0 Å². The minimum atomic E-state index is -0.0879. The maximum absolute atomic E-state index is 12.2. The minimum absolute atomic E-state index is 0.0511. The van der Waals surface area contributed by atoms with E-state index in [1.54, 1.807) is 6.33 Å². The second-order valence-electron chi connectivity index (χ2n) is 6.36. The van der Waals surface area contributed by atoms with Crippen LogP contribution >= 0.6 is 0 Å². The summed E-state index contributed by atoms with van der Waals surface area (Å²) < 4.78 is 1.84.